The molecule has 2 aliphatic heterocycles. The van der Waals surface area contributed by atoms with Crippen LogP contribution in [0.4, 0.5) is 4.39 Å². The molecule has 2 aliphatic rings. The van der Waals surface area contributed by atoms with Gasteiger partial charge >= 0.3 is 0 Å². The number of fused-ring (bicyclic) bond motifs is 2. The number of halogens is 1. The fourth-order valence-corrected chi connectivity index (χ4v) is 7.32. The van der Waals surface area contributed by atoms with E-state index in [1.165, 1.54) is 18.4 Å². The number of carbonyl (C=O) groups excluding carboxylic acids is 1. The van der Waals surface area contributed by atoms with E-state index in [1.807, 2.05) is 30.5 Å². The summed E-state index contributed by atoms with van der Waals surface area (Å²) in [4.78, 5) is 19.4. The number of likely N-dealkylation sites (tertiary alicyclic amines) is 1. The van der Waals surface area contributed by atoms with Gasteiger partial charge in [0.05, 0.1) is 23.9 Å². The Kier molecular flexibility index (Phi) is 7.06. The fourth-order valence-electron chi connectivity index (χ4n) is 6.34. The molecule has 1 atom stereocenters. The second kappa shape index (κ2) is 10.5. The molecule has 218 valence electrons. The van der Waals surface area contributed by atoms with Gasteiger partial charge in [0.15, 0.2) is 9.84 Å². The van der Waals surface area contributed by atoms with E-state index in [2.05, 4.69) is 35.5 Å². The van der Waals surface area contributed by atoms with E-state index in [-0.39, 0.29) is 18.3 Å². The summed E-state index contributed by atoms with van der Waals surface area (Å²) < 4.78 is 45.9. The van der Waals surface area contributed by atoms with Crippen LogP contribution in [0, 0.1) is 5.82 Å². The highest BCUT2D eigenvalue weighted by Crippen LogP contribution is 2.44. The molecule has 42 heavy (non-hydrogen) atoms. The molecule has 4 aromatic rings. The Hall–Kier alpha value is -3.82. The molecule has 9 heteroatoms. The van der Waals surface area contributed by atoms with E-state index in [4.69, 9.17) is 4.74 Å². The Balaban J connectivity index is 1.51. The van der Waals surface area contributed by atoms with Crippen LogP contribution in [0.3, 0.4) is 0 Å². The third-order valence-electron chi connectivity index (χ3n) is 8.41. The molecule has 0 saturated carbocycles. The van der Waals surface area contributed by atoms with Crippen LogP contribution in [0.2, 0.25) is 0 Å². The summed E-state index contributed by atoms with van der Waals surface area (Å²) in [5.41, 5.74) is 7.05. The smallest absolute Gasteiger partial charge is 0.253 e. The number of amides is 1. The maximum absolute atomic E-state index is 14.0. The van der Waals surface area contributed by atoms with E-state index >= 15 is 0 Å². The van der Waals surface area contributed by atoms with Crippen LogP contribution < -0.4 is 0 Å². The maximum atomic E-state index is 14.0. The number of hydrogen-bond acceptors (Lipinski definition) is 5. The summed E-state index contributed by atoms with van der Waals surface area (Å²) in [6, 6.07) is 18.4. The monoisotopic (exact) mass is 587 g/mol. The summed E-state index contributed by atoms with van der Waals surface area (Å²) in [7, 11) is -1.52. The second-order valence-corrected chi connectivity index (χ2v) is 14.3. The van der Waals surface area contributed by atoms with Gasteiger partial charge in [-0.3, -0.25) is 9.79 Å². The number of aromatic nitrogens is 1. The highest BCUT2D eigenvalue weighted by Gasteiger charge is 2.34. The van der Waals surface area contributed by atoms with Gasteiger partial charge in [-0.15, -0.1) is 0 Å². The van der Waals surface area contributed by atoms with Crippen LogP contribution in [-0.4, -0.2) is 68.3 Å². The highest BCUT2D eigenvalue weighted by molar-refractivity contribution is 7.91. The minimum Gasteiger partial charge on any atom is -0.384 e. The number of sulfone groups is 1. The molecule has 1 aromatic heterocycles. The Labute approximate surface area is 245 Å². The quantitative estimate of drug-likeness (QED) is 0.284. The van der Waals surface area contributed by atoms with Gasteiger partial charge in [0.1, 0.15) is 5.82 Å². The fraction of sp³-hybridized carbons (Fsp3) is 0.333. The van der Waals surface area contributed by atoms with Gasteiger partial charge in [-0.2, -0.15) is 0 Å². The first kappa shape index (κ1) is 28.3. The Morgan fingerprint density at radius 3 is 2.45 bits per heavy atom. The summed E-state index contributed by atoms with van der Waals surface area (Å²) in [5.74, 6) is -0.473. The molecule has 1 amide bonds. The lowest BCUT2D eigenvalue weighted by Crippen LogP contribution is -2.31. The van der Waals surface area contributed by atoms with Crippen molar-refractivity contribution in [1.29, 1.82) is 0 Å². The van der Waals surface area contributed by atoms with Gasteiger partial charge in [-0.25, -0.2) is 12.8 Å². The van der Waals surface area contributed by atoms with Crippen LogP contribution in [-0.2, 0) is 26.5 Å². The molecular weight excluding hydrogens is 553 g/mol. The van der Waals surface area contributed by atoms with Crippen LogP contribution in [0.15, 0.2) is 65.7 Å². The van der Waals surface area contributed by atoms with Crippen LogP contribution in [0.1, 0.15) is 47.4 Å². The molecule has 0 bridgehead atoms. The molecule has 0 aliphatic carbocycles. The molecule has 7 nitrogen and oxygen atoms in total. The largest absolute Gasteiger partial charge is 0.384 e. The van der Waals surface area contributed by atoms with E-state index in [0.29, 0.717) is 31.7 Å². The number of ether oxygens (including phenoxy) is 1. The normalized spacial score (nSPS) is 16.9. The Bertz CT molecular complexity index is 1820. The molecule has 6 rings (SSSR count). The summed E-state index contributed by atoms with van der Waals surface area (Å²) >= 11 is 0. The number of methoxy groups -OCH3 is 1. The van der Waals surface area contributed by atoms with Gasteiger partial charge in [0.25, 0.3) is 5.91 Å². The van der Waals surface area contributed by atoms with Crippen molar-refractivity contribution in [3.05, 3.63) is 88.9 Å². The van der Waals surface area contributed by atoms with Gasteiger partial charge < -0.3 is 14.2 Å². The first-order chi connectivity index (χ1) is 20.0. The average Bonchev–Trinajstić information content (AvgIpc) is 3.69. The zero-order chi connectivity index (χ0) is 29.8. The number of hydrogen-bond donors (Lipinski definition) is 0. The summed E-state index contributed by atoms with van der Waals surface area (Å²) in [5, 5.41) is 0.520. The van der Waals surface area contributed by atoms with Gasteiger partial charge in [0, 0.05) is 66.0 Å². The number of benzene rings is 3. The van der Waals surface area contributed by atoms with Crippen molar-refractivity contribution in [3.8, 4) is 16.8 Å². The zero-order valence-electron chi connectivity index (χ0n) is 24.2. The van der Waals surface area contributed by atoms with Crippen LogP contribution >= 0.6 is 0 Å². The zero-order valence-corrected chi connectivity index (χ0v) is 25.0. The Morgan fingerprint density at radius 2 is 1.81 bits per heavy atom. The molecule has 1 fully saturated rings. The molecule has 0 spiro atoms. The first-order valence-corrected chi connectivity index (χ1v) is 16.0. The molecular formula is C33H34FN3O4S. The molecule has 1 saturated heterocycles. The van der Waals surface area contributed by atoms with Crippen molar-refractivity contribution in [1.82, 2.24) is 9.47 Å². The molecule has 0 radical (unpaired) electrons. The van der Waals surface area contributed by atoms with Gasteiger partial charge in [-0.1, -0.05) is 26.0 Å². The number of rotatable bonds is 7. The van der Waals surface area contributed by atoms with E-state index in [9.17, 15) is 17.6 Å². The van der Waals surface area contributed by atoms with Crippen LogP contribution in [0.5, 0.6) is 0 Å². The standard InChI is InChI=1S/C33H34FN3O4S/c1-33(2,20-41-3)31-30(21-5-7-22(8-6-21)32(38)36-14-13-27(19-36)42(4,39)40)28-15-23-17-35-18-24(23)16-29(28)37(31)26-11-9-25(34)10-12-26/h5-12,15-16,18,27H,13-14,17,19-20H2,1-4H3. The predicted molar refractivity (Wildman–Crippen MR) is 164 cm³/mol. The summed E-state index contributed by atoms with van der Waals surface area (Å²) in [6.45, 7) is 5.96. The van der Waals surface area contributed by atoms with Crippen molar-refractivity contribution in [3.63, 3.8) is 0 Å². The van der Waals surface area contributed by atoms with E-state index in [0.717, 1.165) is 44.5 Å². The average molecular weight is 588 g/mol. The first-order valence-electron chi connectivity index (χ1n) is 14.0. The van der Waals surface area contributed by atoms with Crippen molar-refractivity contribution in [2.45, 2.75) is 37.5 Å². The minimum atomic E-state index is -3.20. The third-order valence-corrected chi connectivity index (χ3v) is 10.0. The molecule has 1 unspecified atom stereocenters. The van der Waals surface area contributed by atoms with Gasteiger partial charge in [0.2, 0.25) is 0 Å². The van der Waals surface area contributed by atoms with Gasteiger partial charge in [-0.05, 0) is 71.6 Å². The maximum Gasteiger partial charge on any atom is 0.253 e. The second-order valence-electron chi connectivity index (χ2n) is 12.0. The lowest BCUT2D eigenvalue weighted by molar-refractivity contribution is 0.0793. The van der Waals surface area contributed by atoms with Crippen LogP contribution in [0.25, 0.3) is 27.7 Å². The molecule has 3 aromatic carbocycles. The third kappa shape index (κ3) is 4.94. The lowest BCUT2D eigenvalue weighted by atomic mass is 9.84. The number of nitrogens with zero attached hydrogens (tertiary/aromatic N) is 3. The highest BCUT2D eigenvalue weighted by atomic mass is 32.2. The van der Waals surface area contributed by atoms with E-state index in [1.54, 1.807) is 24.1 Å². The predicted octanol–water partition coefficient (Wildman–Crippen LogP) is 5.55. The van der Waals surface area contributed by atoms with Crippen molar-refractivity contribution < 1.29 is 22.3 Å². The van der Waals surface area contributed by atoms with Crippen molar-refractivity contribution >= 4 is 32.9 Å². The molecule has 0 N–H and O–H groups in total. The SMILES string of the molecule is COCC(C)(C)c1c(-c2ccc(C(=O)N3CCC(S(C)(=O)=O)C3)cc2)c2cc3c(cc2n1-c1ccc(F)cc1)C=NC3. The number of aliphatic imine (C=N–C) groups is 1. The Morgan fingerprint density at radius 1 is 1.10 bits per heavy atom. The van der Waals surface area contributed by atoms with E-state index < -0.39 is 20.5 Å². The topological polar surface area (TPSA) is 81.0 Å². The van der Waals surface area contributed by atoms with Crippen molar-refractivity contribution in [2.24, 2.45) is 4.99 Å². The molecule has 3 heterocycles. The number of carbonyl (C=O) groups is 1. The van der Waals surface area contributed by atoms with Crippen molar-refractivity contribution in [2.75, 3.05) is 33.1 Å². The summed E-state index contributed by atoms with van der Waals surface area (Å²) in [6.07, 6.45) is 3.58. The minimum absolute atomic E-state index is 0.170. The lowest BCUT2D eigenvalue weighted by Gasteiger charge is -2.28.